The van der Waals surface area contributed by atoms with Gasteiger partial charge in [-0.15, -0.1) is 0 Å². The topological polar surface area (TPSA) is 110 Å². The summed E-state index contributed by atoms with van der Waals surface area (Å²) >= 11 is 0. The van der Waals surface area contributed by atoms with Gasteiger partial charge in [0.05, 0.1) is 32.2 Å². The Morgan fingerprint density at radius 2 is 2.03 bits per heavy atom. The zero-order valence-corrected chi connectivity index (χ0v) is 17.2. The van der Waals surface area contributed by atoms with Crippen molar-refractivity contribution in [1.29, 1.82) is 0 Å². The highest BCUT2D eigenvalue weighted by Gasteiger charge is 2.16. The Kier molecular flexibility index (Phi) is 6.27. The minimum Gasteiger partial charge on any atom is -0.497 e. The van der Waals surface area contributed by atoms with Crippen molar-refractivity contribution < 1.29 is 19.1 Å². The molecule has 0 atom stereocenters. The van der Waals surface area contributed by atoms with Gasteiger partial charge in [0.1, 0.15) is 5.75 Å². The van der Waals surface area contributed by atoms with Crippen molar-refractivity contribution in [3.05, 3.63) is 42.6 Å². The van der Waals surface area contributed by atoms with Crippen LogP contribution in [0.3, 0.4) is 0 Å². The number of benzene rings is 1. The van der Waals surface area contributed by atoms with Gasteiger partial charge in [-0.3, -0.25) is 10.1 Å². The second-order valence-electron chi connectivity index (χ2n) is 7.00. The van der Waals surface area contributed by atoms with Gasteiger partial charge in [0.25, 0.3) is 0 Å². The van der Waals surface area contributed by atoms with E-state index in [2.05, 4.69) is 20.7 Å². The molecule has 0 radical (unpaired) electrons. The number of amides is 3. The van der Waals surface area contributed by atoms with Crippen LogP contribution in [0.5, 0.6) is 5.75 Å². The summed E-state index contributed by atoms with van der Waals surface area (Å²) in [6.07, 6.45) is 1.88. The number of methoxy groups -OCH3 is 1. The molecule has 2 N–H and O–H groups in total. The van der Waals surface area contributed by atoms with Crippen LogP contribution in [0, 0.1) is 0 Å². The molecular formula is C21H24N6O4. The molecule has 1 aliphatic rings. The van der Waals surface area contributed by atoms with Crippen LogP contribution in [0.25, 0.3) is 16.9 Å². The summed E-state index contributed by atoms with van der Waals surface area (Å²) in [7, 11) is 1.62. The lowest BCUT2D eigenvalue weighted by Crippen LogP contribution is -2.42. The van der Waals surface area contributed by atoms with Crippen molar-refractivity contribution in [1.82, 2.24) is 24.8 Å². The molecule has 10 nitrogen and oxygen atoms in total. The number of anilines is 1. The Balaban J connectivity index is 1.34. The predicted octanol–water partition coefficient (Wildman–Crippen LogP) is 1.78. The average Bonchev–Trinajstić information content (AvgIpc) is 3.21. The molecule has 1 aliphatic heterocycles. The molecule has 1 saturated heterocycles. The van der Waals surface area contributed by atoms with Crippen molar-refractivity contribution >= 4 is 23.4 Å². The van der Waals surface area contributed by atoms with Crippen molar-refractivity contribution in [2.24, 2.45) is 0 Å². The molecular weight excluding hydrogens is 400 g/mol. The van der Waals surface area contributed by atoms with Crippen LogP contribution in [0.15, 0.2) is 42.6 Å². The largest absolute Gasteiger partial charge is 0.497 e. The Bertz CT molecular complexity index is 1080. The van der Waals surface area contributed by atoms with Crippen LogP contribution in [0.4, 0.5) is 10.6 Å². The molecule has 10 heteroatoms. The summed E-state index contributed by atoms with van der Waals surface area (Å²) in [5, 5.41) is 9.91. The third-order valence-electron chi connectivity index (χ3n) is 4.92. The lowest BCUT2D eigenvalue weighted by atomic mass is 10.1. The maximum absolute atomic E-state index is 12.2. The van der Waals surface area contributed by atoms with Crippen molar-refractivity contribution in [3.63, 3.8) is 0 Å². The summed E-state index contributed by atoms with van der Waals surface area (Å²) < 4.78 is 12.1. The van der Waals surface area contributed by atoms with Crippen LogP contribution in [-0.2, 0) is 9.53 Å². The molecule has 2 aromatic heterocycles. The van der Waals surface area contributed by atoms with Gasteiger partial charge >= 0.3 is 6.03 Å². The Morgan fingerprint density at radius 3 is 2.84 bits per heavy atom. The molecule has 0 spiro atoms. The van der Waals surface area contributed by atoms with Crippen LogP contribution < -0.4 is 15.4 Å². The van der Waals surface area contributed by atoms with Gasteiger partial charge in [-0.1, -0.05) is 12.1 Å². The highest BCUT2D eigenvalue weighted by atomic mass is 16.5. The third kappa shape index (κ3) is 5.10. The van der Waals surface area contributed by atoms with Crippen molar-refractivity contribution in [2.75, 3.05) is 45.3 Å². The fourth-order valence-electron chi connectivity index (χ4n) is 3.29. The van der Waals surface area contributed by atoms with E-state index in [1.165, 1.54) is 0 Å². The van der Waals surface area contributed by atoms with Crippen LogP contribution in [-0.4, -0.2) is 71.4 Å². The van der Waals surface area contributed by atoms with Crippen LogP contribution in [0.2, 0.25) is 0 Å². The van der Waals surface area contributed by atoms with E-state index < -0.39 is 6.03 Å². The maximum atomic E-state index is 12.2. The van der Waals surface area contributed by atoms with Crippen molar-refractivity contribution in [2.45, 2.75) is 6.42 Å². The fraction of sp³-hybridized carbons (Fsp3) is 0.333. The number of hydrogen-bond acceptors (Lipinski definition) is 6. The number of morpholine rings is 1. The predicted molar refractivity (Wildman–Crippen MR) is 114 cm³/mol. The summed E-state index contributed by atoms with van der Waals surface area (Å²) in [6, 6.07) is 10.9. The molecule has 31 heavy (non-hydrogen) atoms. The van der Waals surface area contributed by atoms with Gasteiger partial charge < -0.3 is 19.7 Å². The number of ether oxygens (including phenoxy) is 2. The molecule has 0 bridgehead atoms. The SMILES string of the molecule is COc1cccc(-c2ccc3nc(NC(=O)NCCC(=O)N4CCOCC4)cn3n2)c1. The first kappa shape index (κ1) is 20.6. The number of carbonyl (C=O) groups excluding carboxylic acids is 2. The van der Waals surface area contributed by atoms with E-state index in [0.29, 0.717) is 37.8 Å². The van der Waals surface area contributed by atoms with E-state index in [1.54, 1.807) is 22.7 Å². The Morgan fingerprint density at radius 1 is 1.19 bits per heavy atom. The number of hydrogen-bond donors (Lipinski definition) is 2. The number of carbonyl (C=O) groups is 2. The molecule has 0 unspecified atom stereocenters. The molecule has 0 aliphatic carbocycles. The van der Waals surface area contributed by atoms with Gasteiger partial charge in [-0.05, 0) is 24.3 Å². The molecule has 3 amide bonds. The first-order chi connectivity index (χ1) is 15.1. The molecule has 3 heterocycles. The Labute approximate surface area is 179 Å². The molecule has 1 aromatic carbocycles. The zero-order valence-electron chi connectivity index (χ0n) is 17.2. The minimum atomic E-state index is -0.425. The zero-order chi connectivity index (χ0) is 21.6. The smallest absolute Gasteiger partial charge is 0.320 e. The number of aromatic nitrogens is 3. The van der Waals surface area contributed by atoms with E-state index in [9.17, 15) is 9.59 Å². The van der Waals surface area contributed by atoms with Gasteiger partial charge in [-0.2, -0.15) is 5.10 Å². The van der Waals surface area contributed by atoms with E-state index in [-0.39, 0.29) is 18.9 Å². The number of imidazole rings is 1. The standard InChI is InChI=1S/C21H24N6O4/c1-30-16-4-2-3-15(13-16)17-5-6-19-23-18(14-27(19)25-17)24-21(29)22-8-7-20(28)26-9-11-31-12-10-26/h2-6,13-14H,7-12H2,1H3,(H2,22,24,29). The first-order valence-electron chi connectivity index (χ1n) is 10.0. The number of urea groups is 1. The summed E-state index contributed by atoms with van der Waals surface area (Å²) in [6.45, 7) is 2.55. The van der Waals surface area contributed by atoms with E-state index >= 15 is 0 Å². The molecule has 4 rings (SSSR count). The van der Waals surface area contributed by atoms with Gasteiger partial charge in [0.15, 0.2) is 11.5 Å². The lowest BCUT2D eigenvalue weighted by Gasteiger charge is -2.26. The highest BCUT2D eigenvalue weighted by molar-refractivity contribution is 5.89. The van der Waals surface area contributed by atoms with Crippen molar-refractivity contribution in [3.8, 4) is 17.0 Å². The normalized spacial score (nSPS) is 13.8. The average molecular weight is 424 g/mol. The molecule has 1 fully saturated rings. The third-order valence-corrected chi connectivity index (χ3v) is 4.92. The summed E-state index contributed by atoms with van der Waals surface area (Å²) in [4.78, 5) is 30.4. The lowest BCUT2D eigenvalue weighted by molar-refractivity contribution is -0.135. The summed E-state index contributed by atoms with van der Waals surface area (Å²) in [5.74, 6) is 1.12. The maximum Gasteiger partial charge on any atom is 0.320 e. The van der Waals surface area contributed by atoms with Gasteiger partial charge in [0, 0.05) is 31.6 Å². The van der Waals surface area contributed by atoms with E-state index in [1.807, 2.05) is 36.4 Å². The molecule has 3 aromatic rings. The quantitative estimate of drug-likeness (QED) is 0.624. The number of nitrogens with one attached hydrogen (secondary N) is 2. The second kappa shape index (κ2) is 9.43. The van der Waals surface area contributed by atoms with Crippen LogP contribution >= 0.6 is 0 Å². The van der Waals surface area contributed by atoms with E-state index in [4.69, 9.17) is 9.47 Å². The number of fused-ring (bicyclic) bond motifs is 1. The van der Waals surface area contributed by atoms with Gasteiger partial charge in [0.2, 0.25) is 5.91 Å². The molecule has 0 saturated carbocycles. The minimum absolute atomic E-state index is 0.00519. The number of nitrogens with zero attached hydrogens (tertiary/aromatic N) is 4. The number of rotatable bonds is 6. The Hall–Kier alpha value is -3.66. The summed E-state index contributed by atoms with van der Waals surface area (Å²) in [5.41, 5.74) is 2.26. The first-order valence-corrected chi connectivity index (χ1v) is 10.0. The fourth-order valence-corrected chi connectivity index (χ4v) is 3.29. The van der Waals surface area contributed by atoms with E-state index in [0.717, 1.165) is 17.0 Å². The second-order valence-corrected chi connectivity index (χ2v) is 7.00. The monoisotopic (exact) mass is 424 g/mol. The van der Waals surface area contributed by atoms with Crippen LogP contribution in [0.1, 0.15) is 6.42 Å². The molecule has 162 valence electrons. The van der Waals surface area contributed by atoms with Gasteiger partial charge in [-0.25, -0.2) is 14.3 Å². The highest BCUT2D eigenvalue weighted by Crippen LogP contribution is 2.22.